The molecule has 7 heteroatoms. The molecular formula is C18H19N3O3S. The van der Waals surface area contributed by atoms with Crippen LogP contribution in [-0.4, -0.2) is 34.5 Å². The van der Waals surface area contributed by atoms with Crippen LogP contribution in [0.25, 0.3) is 0 Å². The summed E-state index contributed by atoms with van der Waals surface area (Å²) in [4.78, 5) is 31.8. The molecule has 1 aromatic carbocycles. The molecule has 3 rings (SSSR count). The number of carbonyl (C=O) groups excluding carboxylic acids is 2. The lowest BCUT2D eigenvalue weighted by molar-refractivity contribution is -0.128. The third kappa shape index (κ3) is 3.39. The van der Waals surface area contributed by atoms with E-state index < -0.39 is 11.8 Å². The Morgan fingerprint density at radius 3 is 2.72 bits per heavy atom. The van der Waals surface area contributed by atoms with Gasteiger partial charge in [0.15, 0.2) is 5.11 Å². The summed E-state index contributed by atoms with van der Waals surface area (Å²) >= 11 is 5.07. The zero-order valence-electron chi connectivity index (χ0n) is 13.8. The normalized spacial score (nSPS) is 28.4. The topological polar surface area (TPSA) is 70.7 Å². The SMILES string of the molecule is C=CCN1C(=O)/C(=C\C2C(C)ONC2c2ccccc2)C(=O)NC1=S. The number of thiocarbonyl (C=S) groups is 1. The van der Waals surface area contributed by atoms with E-state index >= 15 is 0 Å². The van der Waals surface area contributed by atoms with Gasteiger partial charge in [0.05, 0.1) is 12.1 Å². The summed E-state index contributed by atoms with van der Waals surface area (Å²) in [7, 11) is 0. The van der Waals surface area contributed by atoms with Crippen LogP contribution >= 0.6 is 12.2 Å². The van der Waals surface area contributed by atoms with Crippen molar-refractivity contribution in [3.8, 4) is 0 Å². The molecule has 2 N–H and O–H groups in total. The highest BCUT2D eigenvalue weighted by molar-refractivity contribution is 7.80. The lowest BCUT2D eigenvalue weighted by Crippen LogP contribution is -2.54. The molecule has 2 heterocycles. The number of hydroxylamine groups is 1. The van der Waals surface area contributed by atoms with Crippen molar-refractivity contribution in [1.29, 1.82) is 0 Å². The van der Waals surface area contributed by atoms with Gasteiger partial charge in [-0.15, -0.1) is 6.58 Å². The van der Waals surface area contributed by atoms with Crippen LogP contribution in [0, 0.1) is 5.92 Å². The van der Waals surface area contributed by atoms with Gasteiger partial charge in [-0.25, -0.2) is 0 Å². The molecule has 3 unspecified atom stereocenters. The average Bonchev–Trinajstić information content (AvgIpc) is 2.97. The predicted molar refractivity (Wildman–Crippen MR) is 97.1 cm³/mol. The maximum absolute atomic E-state index is 12.7. The third-order valence-corrected chi connectivity index (χ3v) is 4.65. The Labute approximate surface area is 151 Å². The van der Waals surface area contributed by atoms with Crippen LogP contribution in [0.1, 0.15) is 18.5 Å². The molecule has 2 aliphatic rings. The van der Waals surface area contributed by atoms with Crippen molar-refractivity contribution in [3.05, 3.63) is 60.2 Å². The minimum atomic E-state index is -0.485. The maximum atomic E-state index is 12.7. The van der Waals surface area contributed by atoms with Crippen molar-refractivity contribution in [1.82, 2.24) is 15.7 Å². The van der Waals surface area contributed by atoms with Gasteiger partial charge in [0.25, 0.3) is 11.8 Å². The highest BCUT2D eigenvalue weighted by Crippen LogP contribution is 2.33. The standard InChI is InChI=1S/C18H19N3O3S/c1-3-9-21-17(23)14(16(22)19-18(21)25)10-13-11(2)24-20-15(13)12-7-5-4-6-8-12/h3-8,10-11,13,15,20H,1,9H2,2H3,(H,19,22,25)/b14-10-. The van der Waals surface area contributed by atoms with Gasteiger partial charge >= 0.3 is 0 Å². The van der Waals surface area contributed by atoms with Gasteiger partial charge in [-0.2, -0.15) is 5.48 Å². The minimum absolute atomic E-state index is 0.0699. The summed E-state index contributed by atoms with van der Waals surface area (Å²) < 4.78 is 0. The van der Waals surface area contributed by atoms with Crippen LogP contribution in [0.2, 0.25) is 0 Å². The number of benzene rings is 1. The van der Waals surface area contributed by atoms with E-state index in [-0.39, 0.29) is 35.3 Å². The van der Waals surface area contributed by atoms with Crippen molar-refractivity contribution in [2.45, 2.75) is 19.1 Å². The molecule has 6 nitrogen and oxygen atoms in total. The van der Waals surface area contributed by atoms with Crippen LogP contribution in [0.3, 0.4) is 0 Å². The smallest absolute Gasteiger partial charge is 0.265 e. The summed E-state index contributed by atoms with van der Waals surface area (Å²) in [5, 5.41) is 2.66. The van der Waals surface area contributed by atoms with Gasteiger partial charge in [-0.1, -0.05) is 42.5 Å². The zero-order chi connectivity index (χ0) is 18.0. The molecule has 0 spiro atoms. The molecule has 0 aliphatic carbocycles. The van der Waals surface area contributed by atoms with E-state index in [0.717, 1.165) is 5.56 Å². The predicted octanol–water partition coefficient (Wildman–Crippen LogP) is 1.62. The van der Waals surface area contributed by atoms with Crippen LogP contribution in [0.4, 0.5) is 0 Å². The number of nitrogens with one attached hydrogen (secondary N) is 2. The molecule has 1 aromatic rings. The average molecular weight is 357 g/mol. The fourth-order valence-electron chi connectivity index (χ4n) is 2.99. The fraction of sp³-hybridized carbons (Fsp3) is 0.278. The molecule has 0 aromatic heterocycles. The number of nitrogens with zero attached hydrogens (tertiary/aromatic N) is 1. The van der Waals surface area contributed by atoms with E-state index in [1.54, 1.807) is 12.2 Å². The largest absolute Gasteiger partial charge is 0.298 e. The summed E-state index contributed by atoms with van der Waals surface area (Å²) in [6, 6.07) is 9.62. The van der Waals surface area contributed by atoms with Crippen LogP contribution in [0.5, 0.6) is 0 Å². The Morgan fingerprint density at radius 1 is 1.32 bits per heavy atom. The van der Waals surface area contributed by atoms with E-state index in [9.17, 15) is 9.59 Å². The first kappa shape index (κ1) is 17.5. The van der Waals surface area contributed by atoms with Crippen LogP contribution in [0.15, 0.2) is 54.6 Å². The molecule has 2 amide bonds. The Kier molecular flexibility index (Phi) is 5.08. The van der Waals surface area contributed by atoms with Gasteiger partial charge < -0.3 is 0 Å². The first-order valence-electron chi connectivity index (χ1n) is 7.99. The fourth-order valence-corrected chi connectivity index (χ4v) is 3.24. The minimum Gasteiger partial charge on any atom is -0.298 e. The lowest BCUT2D eigenvalue weighted by Gasteiger charge is -2.28. The molecule has 130 valence electrons. The maximum Gasteiger partial charge on any atom is 0.265 e. The molecule has 2 fully saturated rings. The second kappa shape index (κ2) is 7.26. The Bertz CT molecular complexity index is 747. The third-order valence-electron chi connectivity index (χ3n) is 4.32. The van der Waals surface area contributed by atoms with Gasteiger partial charge in [-0.3, -0.25) is 24.6 Å². The Morgan fingerprint density at radius 2 is 2.04 bits per heavy atom. The van der Waals surface area contributed by atoms with Crippen LogP contribution in [-0.2, 0) is 14.4 Å². The van der Waals surface area contributed by atoms with Crippen molar-refractivity contribution >= 4 is 29.1 Å². The zero-order valence-corrected chi connectivity index (χ0v) is 14.6. The number of hydrogen-bond acceptors (Lipinski definition) is 5. The number of rotatable bonds is 4. The second-order valence-electron chi connectivity index (χ2n) is 5.95. The molecule has 0 bridgehead atoms. The van der Waals surface area contributed by atoms with Crippen molar-refractivity contribution in [2.24, 2.45) is 5.92 Å². The Balaban J connectivity index is 1.93. The highest BCUT2D eigenvalue weighted by atomic mass is 32.1. The monoisotopic (exact) mass is 357 g/mol. The summed E-state index contributed by atoms with van der Waals surface area (Å²) in [6.07, 6.45) is 3.05. The quantitative estimate of drug-likeness (QED) is 0.371. The molecular weight excluding hydrogens is 338 g/mol. The highest BCUT2D eigenvalue weighted by Gasteiger charge is 2.38. The van der Waals surface area contributed by atoms with Crippen molar-refractivity contribution in [2.75, 3.05) is 6.54 Å². The molecule has 0 radical (unpaired) electrons. The first-order valence-corrected chi connectivity index (χ1v) is 8.39. The number of hydrogen-bond donors (Lipinski definition) is 2. The number of amides is 2. The lowest BCUT2D eigenvalue weighted by atomic mass is 9.88. The van der Waals surface area contributed by atoms with E-state index in [4.69, 9.17) is 17.1 Å². The van der Waals surface area contributed by atoms with E-state index in [1.807, 2.05) is 37.3 Å². The molecule has 25 heavy (non-hydrogen) atoms. The van der Waals surface area contributed by atoms with E-state index in [1.165, 1.54) is 4.90 Å². The number of carbonyl (C=O) groups is 2. The van der Waals surface area contributed by atoms with Gasteiger partial charge in [0, 0.05) is 12.5 Å². The van der Waals surface area contributed by atoms with Crippen molar-refractivity contribution in [3.63, 3.8) is 0 Å². The summed E-state index contributed by atoms with van der Waals surface area (Å²) in [6.45, 7) is 5.76. The van der Waals surface area contributed by atoms with Gasteiger partial charge in [0.1, 0.15) is 5.57 Å². The molecule has 2 saturated heterocycles. The summed E-state index contributed by atoms with van der Waals surface area (Å²) in [5.74, 6) is -1.08. The first-order chi connectivity index (χ1) is 12.0. The van der Waals surface area contributed by atoms with Gasteiger partial charge in [0.2, 0.25) is 0 Å². The molecule has 0 saturated carbocycles. The Hall–Kier alpha value is -2.35. The van der Waals surface area contributed by atoms with Crippen LogP contribution < -0.4 is 10.8 Å². The second-order valence-corrected chi connectivity index (χ2v) is 6.34. The summed E-state index contributed by atoms with van der Waals surface area (Å²) in [5.41, 5.74) is 4.09. The van der Waals surface area contributed by atoms with Crippen molar-refractivity contribution < 1.29 is 14.4 Å². The van der Waals surface area contributed by atoms with Gasteiger partial charge in [-0.05, 0) is 24.7 Å². The van der Waals surface area contributed by atoms with E-state index in [0.29, 0.717) is 0 Å². The van der Waals surface area contributed by atoms with E-state index in [2.05, 4.69) is 17.4 Å². The molecule has 3 atom stereocenters. The molecule has 2 aliphatic heterocycles.